The van der Waals surface area contributed by atoms with E-state index in [1.165, 1.54) is 6.92 Å². The van der Waals surface area contributed by atoms with Crippen molar-refractivity contribution in [2.24, 2.45) is 0 Å². The minimum atomic E-state index is -0.208. The fourth-order valence-corrected chi connectivity index (χ4v) is 2.81. The lowest BCUT2D eigenvalue weighted by Gasteiger charge is -2.12. The van der Waals surface area contributed by atoms with E-state index < -0.39 is 0 Å². The summed E-state index contributed by atoms with van der Waals surface area (Å²) in [6.45, 7) is 3.44. The lowest BCUT2D eigenvalue weighted by Crippen LogP contribution is -2.22. The first-order valence-corrected chi connectivity index (χ1v) is 8.39. The van der Waals surface area contributed by atoms with Gasteiger partial charge in [0.25, 0.3) is 0 Å². The molecule has 2 rings (SSSR count). The highest BCUT2D eigenvalue weighted by Crippen LogP contribution is 2.26. The van der Waals surface area contributed by atoms with Gasteiger partial charge in [0.1, 0.15) is 0 Å². The topological polar surface area (TPSA) is 70.2 Å². The van der Waals surface area contributed by atoms with Crippen molar-refractivity contribution in [3.05, 3.63) is 51.5 Å². The first kappa shape index (κ1) is 18.3. The molecule has 5 nitrogen and oxygen atoms in total. The van der Waals surface area contributed by atoms with Crippen LogP contribution in [0.3, 0.4) is 0 Å². The summed E-state index contributed by atoms with van der Waals surface area (Å²) >= 11 is 9.52. The van der Waals surface area contributed by atoms with Crippen LogP contribution < -0.4 is 16.0 Å². The minimum Gasteiger partial charge on any atom is -0.375 e. The Balaban J connectivity index is 1.99. The Morgan fingerprint density at radius 3 is 2.50 bits per heavy atom. The zero-order valence-corrected chi connectivity index (χ0v) is 15.6. The molecule has 0 saturated carbocycles. The third-order valence-corrected chi connectivity index (χ3v) is 4.11. The molecule has 7 heteroatoms. The number of aryl methyl sites for hydroxylation is 1. The second-order valence-electron chi connectivity index (χ2n) is 5.26. The van der Waals surface area contributed by atoms with E-state index in [-0.39, 0.29) is 18.4 Å². The van der Waals surface area contributed by atoms with E-state index >= 15 is 0 Å². The van der Waals surface area contributed by atoms with Gasteiger partial charge in [-0.2, -0.15) is 0 Å². The lowest BCUT2D eigenvalue weighted by atomic mass is 10.2. The van der Waals surface area contributed by atoms with Gasteiger partial charge < -0.3 is 16.0 Å². The number of hydrogen-bond acceptors (Lipinski definition) is 3. The van der Waals surface area contributed by atoms with E-state index in [1.54, 1.807) is 18.2 Å². The van der Waals surface area contributed by atoms with Crippen molar-refractivity contribution in [1.29, 1.82) is 0 Å². The average molecular weight is 411 g/mol. The van der Waals surface area contributed by atoms with Crippen LogP contribution in [0.5, 0.6) is 0 Å². The average Bonchev–Trinajstić information content (AvgIpc) is 2.50. The van der Waals surface area contributed by atoms with Gasteiger partial charge in [-0.05, 0) is 58.7 Å². The predicted molar refractivity (Wildman–Crippen MR) is 102 cm³/mol. The highest BCUT2D eigenvalue weighted by Gasteiger charge is 2.08. The number of halogens is 2. The Bertz CT molecular complexity index is 780. The summed E-state index contributed by atoms with van der Waals surface area (Å²) in [5.74, 6) is -0.384. The Hall–Kier alpha value is -2.05. The number of carbonyl (C=O) groups excluding carboxylic acids is 2. The Labute approximate surface area is 153 Å². The van der Waals surface area contributed by atoms with Crippen molar-refractivity contribution < 1.29 is 9.59 Å². The van der Waals surface area contributed by atoms with Crippen LogP contribution in [0.1, 0.15) is 12.5 Å². The molecular formula is C17H17BrClN3O2. The van der Waals surface area contributed by atoms with Crippen LogP contribution in [0.25, 0.3) is 0 Å². The normalized spacial score (nSPS) is 10.2. The van der Waals surface area contributed by atoms with E-state index in [0.29, 0.717) is 22.1 Å². The zero-order valence-electron chi connectivity index (χ0n) is 13.2. The van der Waals surface area contributed by atoms with Crippen LogP contribution in [-0.2, 0) is 9.59 Å². The number of rotatable bonds is 5. The number of carbonyl (C=O) groups is 2. The molecule has 0 unspecified atom stereocenters. The Kier molecular flexibility index (Phi) is 6.23. The van der Waals surface area contributed by atoms with E-state index in [0.717, 1.165) is 10.0 Å². The van der Waals surface area contributed by atoms with E-state index in [9.17, 15) is 9.59 Å². The molecule has 0 radical (unpaired) electrons. The van der Waals surface area contributed by atoms with Gasteiger partial charge in [-0.25, -0.2) is 0 Å². The zero-order chi connectivity index (χ0) is 17.7. The largest absolute Gasteiger partial charge is 0.375 e. The molecule has 0 aliphatic rings. The molecule has 24 heavy (non-hydrogen) atoms. The molecule has 0 atom stereocenters. The van der Waals surface area contributed by atoms with Crippen LogP contribution in [0.15, 0.2) is 40.9 Å². The predicted octanol–water partition coefficient (Wildman–Crippen LogP) is 4.42. The molecule has 126 valence electrons. The SMILES string of the molecule is CC(=O)Nc1ccc(Cl)c(NCC(=O)Nc2ccc(C)cc2Br)c1. The van der Waals surface area contributed by atoms with Gasteiger partial charge in [0.05, 0.1) is 22.9 Å². The maximum atomic E-state index is 12.1. The second kappa shape index (κ2) is 8.17. The van der Waals surface area contributed by atoms with Gasteiger partial charge in [0.2, 0.25) is 11.8 Å². The summed E-state index contributed by atoms with van der Waals surface area (Å²) in [7, 11) is 0. The van der Waals surface area contributed by atoms with Crippen LogP contribution in [0.2, 0.25) is 5.02 Å². The Morgan fingerprint density at radius 2 is 1.83 bits per heavy atom. The molecule has 0 saturated heterocycles. The van der Waals surface area contributed by atoms with Crippen molar-refractivity contribution >= 4 is 56.4 Å². The van der Waals surface area contributed by atoms with E-state index in [2.05, 4.69) is 31.9 Å². The molecule has 3 N–H and O–H groups in total. The number of amides is 2. The molecule has 0 aliphatic carbocycles. The van der Waals surface area contributed by atoms with Gasteiger partial charge >= 0.3 is 0 Å². The fourth-order valence-electron chi connectivity index (χ4n) is 2.03. The molecule has 0 bridgehead atoms. The molecule has 0 fully saturated rings. The molecule has 2 aromatic carbocycles. The minimum absolute atomic E-state index is 0.0452. The monoisotopic (exact) mass is 409 g/mol. The summed E-state index contributed by atoms with van der Waals surface area (Å²) in [6.07, 6.45) is 0. The van der Waals surface area contributed by atoms with Crippen molar-refractivity contribution in [2.75, 3.05) is 22.5 Å². The van der Waals surface area contributed by atoms with Crippen LogP contribution in [0, 0.1) is 6.92 Å². The molecule has 0 spiro atoms. The van der Waals surface area contributed by atoms with Gasteiger partial charge in [0.15, 0.2) is 0 Å². The van der Waals surface area contributed by atoms with Crippen molar-refractivity contribution in [3.8, 4) is 0 Å². The van der Waals surface area contributed by atoms with Crippen molar-refractivity contribution in [2.45, 2.75) is 13.8 Å². The summed E-state index contributed by atoms with van der Waals surface area (Å²) in [5.41, 5.74) is 2.97. The van der Waals surface area contributed by atoms with Gasteiger partial charge in [-0.15, -0.1) is 0 Å². The molecule has 2 aromatic rings. The third-order valence-electron chi connectivity index (χ3n) is 3.12. The van der Waals surface area contributed by atoms with E-state index in [4.69, 9.17) is 11.6 Å². The Morgan fingerprint density at radius 1 is 1.08 bits per heavy atom. The van der Waals surface area contributed by atoms with E-state index in [1.807, 2.05) is 25.1 Å². The van der Waals surface area contributed by atoms with Gasteiger partial charge in [0, 0.05) is 17.1 Å². The summed E-state index contributed by atoms with van der Waals surface area (Å²) in [4.78, 5) is 23.2. The maximum absolute atomic E-state index is 12.1. The second-order valence-corrected chi connectivity index (χ2v) is 6.52. The third kappa shape index (κ3) is 5.25. The van der Waals surface area contributed by atoms with Crippen LogP contribution >= 0.6 is 27.5 Å². The molecule has 0 aromatic heterocycles. The smallest absolute Gasteiger partial charge is 0.243 e. The highest BCUT2D eigenvalue weighted by atomic mass is 79.9. The molecule has 0 heterocycles. The molecule has 2 amide bonds. The first-order valence-electron chi connectivity index (χ1n) is 7.22. The lowest BCUT2D eigenvalue weighted by molar-refractivity contribution is -0.115. The number of anilines is 3. The first-order chi connectivity index (χ1) is 11.3. The summed E-state index contributed by atoms with van der Waals surface area (Å²) < 4.78 is 0.821. The van der Waals surface area contributed by atoms with Gasteiger partial charge in [-0.1, -0.05) is 17.7 Å². The summed E-state index contributed by atoms with van der Waals surface area (Å²) in [6, 6.07) is 10.7. The quantitative estimate of drug-likeness (QED) is 0.683. The van der Waals surface area contributed by atoms with Crippen molar-refractivity contribution in [1.82, 2.24) is 0 Å². The standard InChI is InChI=1S/C17H17BrClN3O2/c1-10-3-6-15(13(18)7-10)22-17(24)9-20-16-8-12(21-11(2)23)4-5-14(16)19/h3-8,20H,9H2,1-2H3,(H,21,23)(H,22,24). The number of benzene rings is 2. The maximum Gasteiger partial charge on any atom is 0.243 e. The van der Waals surface area contributed by atoms with Crippen LogP contribution in [-0.4, -0.2) is 18.4 Å². The number of hydrogen-bond donors (Lipinski definition) is 3. The fraction of sp³-hybridized carbons (Fsp3) is 0.176. The molecule has 0 aliphatic heterocycles. The van der Waals surface area contributed by atoms with Gasteiger partial charge in [-0.3, -0.25) is 9.59 Å². The number of nitrogens with one attached hydrogen (secondary N) is 3. The molecular weight excluding hydrogens is 394 g/mol. The summed E-state index contributed by atoms with van der Waals surface area (Å²) in [5, 5.41) is 8.91. The van der Waals surface area contributed by atoms with Crippen molar-refractivity contribution in [3.63, 3.8) is 0 Å². The highest BCUT2D eigenvalue weighted by molar-refractivity contribution is 9.10. The van der Waals surface area contributed by atoms with Crippen LogP contribution in [0.4, 0.5) is 17.1 Å².